The Bertz CT molecular complexity index is 1070. The van der Waals surface area contributed by atoms with Crippen molar-refractivity contribution in [2.45, 2.75) is 50.1 Å². The maximum atomic E-state index is 13.3. The summed E-state index contributed by atoms with van der Waals surface area (Å²) in [6.45, 7) is 6.10. The molecule has 0 aliphatic carbocycles. The van der Waals surface area contributed by atoms with E-state index in [2.05, 4.69) is 52.1 Å². The van der Waals surface area contributed by atoms with E-state index in [9.17, 15) is 4.79 Å². The largest absolute Gasteiger partial charge is 0.325 e. The first-order chi connectivity index (χ1) is 14.5. The van der Waals surface area contributed by atoms with Crippen LogP contribution in [0.5, 0.6) is 0 Å². The maximum absolute atomic E-state index is 13.3. The summed E-state index contributed by atoms with van der Waals surface area (Å²) < 4.78 is 1.90. The molecule has 0 saturated carbocycles. The molecule has 1 aliphatic heterocycles. The number of aryl methyl sites for hydroxylation is 3. The molecule has 1 aliphatic rings. The lowest BCUT2D eigenvalue weighted by atomic mass is 10.0. The van der Waals surface area contributed by atoms with Crippen LogP contribution in [0.1, 0.15) is 42.4 Å². The zero-order valence-electron chi connectivity index (χ0n) is 17.1. The molecule has 1 amide bonds. The molecule has 1 aromatic heterocycles. The fourth-order valence-corrected chi connectivity index (χ4v) is 4.70. The predicted molar refractivity (Wildman–Crippen MR) is 122 cm³/mol. The van der Waals surface area contributed by atoms with E-state index in [1.807, 2.05) is 30.7 Å². The molecule has 2 aromatic carbocycles. The van der Waals surface area contributed by atoms with E-state index >= 15 is 0 Å². The first kappa shape index (κ1) is 20.8. The summed E-state index contributed by atoms with van der Waals surface area (Å²) >= 11 is 7.65. The van der Waals surface area contributed by atoms with E-state index in [1.165, 1.54) is 17.3 Å². The number of aromatic nitrogens is 3. The summed E-state index contributed by atoms with van der Waals surface area (Å²) in [5, 5.41) is 12.4. The SMILES string of the molecule is CCc1ccc([C@@H]2Nn3c(CC)nnc3S[C@H]2C(=O)Nc2ccc(C)c(Cl)c2)cc1. The molecule has 0 spiro atoms. The number of carbonyl (C=O) groups excluding carboxylic acids is 1. The van der Waals surface area contributed by atoms with Crippen LogP contribution in [0.4, 0.5) is 5.69 Å². The van der Waals surface area contributed by atoms with E-state index in [1.54, 1.807) is 6.07 Å². The highest BCUT2D eigenvalue weighted by molar-refractivity contribution is 8.00. The van der Waals surface area contributed by atoms with Crippen molar-refractivity contribution in [1.82, 2.24) is 14.9 Å². The van der Waals surface area contributed by atoms with Crippen molar-refractivity contribution in [3.05, 3.63) is 70.0 Å². The van der Waals surface area contributed by atoms with Crippen LogP contribution >= 0.6 is 23.4 Å². The van der Waals surface area contributed by atoms with Gasteiger partial charge in [-0.3, -0.25) is 4.79 Å². The molecule has 30 heavy (non-hydrogen) atoms. The zero-order valence-corrected chi connectivity index (χ0v) is 18.7. The first-order valence-corrected chi connectivity index (χ1v) is 11.3. The molecule has 156 valence electrons. The van der Waals surface area contributed by atoms with Gasteiger partial charge in [0.15, 0.2) is 5.82 Å². The average Bonchev–Trinajstić information content (AvgIpc) is 3.17. The monoisotopic (exact) mass is 441 g/mol. The predicted octanol–water partition coefficient (Wildman–Crippen LogP) is 4.76. The van der Waals surface area contributed by atoms with E-state index < -0.39 is 5.25 Å². The molecule has 0 fully saturated rings. The highest BCUT2D eigenvalue weighted by Gasteiger charge is 2.37. The first-order valence-electron chi connectivity index (χ1n) is 10.0. The van der Waals surface area contributed by atoms with E-state index in [4.69, 9.17) is 11.6 Å². The molecular weight excluding hydrogens is 418 g/mol. The number of thioether (sulfide) groups is 1. The fraction of sp³-hybridized carbons (Fsp3) is 0.318. The van der Waals surface area contributed by atoms with Crippen LogP contribution < -0.4 is 10.7 Å². The van der Waals surface area contributed by atoms with E-state index in [0.717, 1.165) is 29.8 Å². The Labute approximate surface area is 185 Å². The van der Waals surface area contributed by atoms with Gasteiger partial charge in [0.1, 0.15) is 5.25 Å². The van der Waals surface area contributed by atoms with Crippen LogP contribution in [-0.4, -0.2) is 26.0 Å². The van der Waals surface area contributed by atoms with Crippen molar-refractivity contribution in [1.29, 1.82) is 0 Å². The Morgan fingerprint density at radius 3 is 2.60 bits per heavy atom. The van der Waals surface area contributed by atoms with E-state index in [-0.39, 0.29) is 11.9 Å². The Morgan fingerprint density at radius 1 is 1.17 bits per heavy atom. The summed E-state index contributed by atoms with van der Waals surface area (Å²) in [5.41, 5.74) is 7.43. The highest BCUT2D eigenvalue weighted by Crippen LogP contribution is 2.38. The van der Waals surface area contributed by atoms with Gasteiger partial charge in [0, 0.05) is 17.1 Å². The van der Waals surface area contributed by atoms with Crippen molar-refractivity contribution >= 4 is 35.0 Å². The molecule has 0 radical (unpaired) electrons. The summed E-state index contributed by atoms with van der Waals surface area (Å²) in [6.07, 6.45) is 1.72. The van der Waals surface area contributed by atoms with Gasteiger partial charge in [-0.05, 0) is 42.2 Å². The molecule has 6 nitrogen and oxygen atoms in total. The Morgan fingerprint density at radius 2 is 1.93 bits per heavy atom. The Hall–Kier alpha value is -2.51. The zero-order chi connectivity index (χ0) is 21.3. The highest BCUT2D eigenvalue weighted by atomic mass is 35.5. The normalized spacial score (nSPS) is 17.9. The van der Waals surface area contributed by atoms with Crippen LogP contribution in [-0.2, 0) is 17.6 Å². The molecule has 0 bridgehead atoms. The molecule has 2 atom stereocenters. The molecular formula is C22H24ClN5OS. The minimum atomic E-state index is -0.418. The second-order valence-corrected chi connectivity index (χ2v) is 8.80. The van der Waals surface area contributed by atoms with Crippen molar-refractivity contribution < 1.29 is 4.79 Å². The number of hydrogen-bond donors (Lipinski definition) is 2. The number of benzene rings is 2. The molecule has 0 saturated heterocycles. The number of rotatable bonds is 5. The summed E-state index contributed by atoms with van der Waals surface area (Å²) in [7, 11) is 0. The quantitative estimate of drug-likeness (QED) is 0.597. The van der Waals surface area contributed by atoms with Crippen LogP contribution in [0, 0.1) is 6.92 Å². The van der Waals surface area contributed by atoms with Crippen LogP contribution in [0.2, 0.25) is 5.02 Å². The Balaban J connectivity index is 1.66. The molecule has 3 aromatic rings. The second kappa shape index (κ2) is 8.70. The average molecular weight is 442 g/mol. The minimum absolute atomic E-state index is 0.107. The number of nitrogens with zero attached hydrogens (tertiary/aromatic N) is 3. The van der Waals surface area contributed by atoms with Crippen molar-refractivity contribution in [3.8, 4) is 0 Å². The number of anilines is 1. The molecule has 2 heterocycles. The summed E-state index contributed by atoms with van der Waals surface area (Å²) in [4.78, 5) is 13.3. The topological polar surface area (TPSA) is 71.8 Å². The van der Waals surface area contributed by atoms with Crippen molar-refractivity contribution in [2.75, 3.05) is 10.7 Å². The third kappa shape index (κ3) is 4.04. The van der Waals surface area contributed by atoms with E-state index in [0.29, 0.717) is 15.9 Å². The van der Waals surface area contributed by atoms with Gasteiger partial charge in [0.2, 0.25) is 11.1 Å². The lowest BCUT2D eigenvalue weighted by Gasteiger charge is -2.33. The standard InChI is InChI=1S/C22H24ClN5OS/c1-4-14-7-9-15(10-8-14)19-20(30-22-26-25-18(5-2)28(22)27-19)21(29)24-16-11-6-13(3)17(23)12-16/h6-12,19-20,27H,4-5H2,1-3H3,(H,24,29)/t19-,20+/m0/s1. The summed E-state index contributed by atoms with van der Waals surface area (Å²) in [5.74, 6) is 0.737. The second-order valence-electron chi connectivity index (χ2n) is 7.28. The van der Waals surface area contributed by atoms with Crippen LogP contribution in [0.3, 0.4) is 0 Å². The lowest BCUT2D eigenvalue weighted by molar-refractivity contribution is -0.116. The van der Waals surface area contributed by atoms with Gasteiger partial charge in [0.05, 0.1) is 6.04 Å². The van der Waals surface area contributed by atoms with Crippen molar-refractivity contribution in [2.24, 2.45) is 0 Å². The van der Waals surface area contributed by atoms with Gasteiger partial charge < -0.3 is 10.7 Å². The van der Waals surface area contributed by atoms with Gasteiger partial charge in [0.25, 0.3) is 0 Å². The summed E-state index contributed by atoms with van der Waals surface area (Å²) in [6, 6.07) is 13.7. The maximum Gasteiger partial charge on any atom is 0.240 e. The number of amides is 1. The molecule has 8 heteroatoms. The van der Waals surface area contributed by atoms with Gasteiger partial charge in [-0.15, -0.1) is 10.2 Å². The van der Waals surface area contributed by atoms with Crippen molar-refractivity contribution in [3.63, 3.8) is 0 Å². The molecule has 0 unspecified atom stereocenters. The van der Waals surface area contributed by atoms with Gasteiger partial charge in [-0.1, -0.05) is 67.5 Å². The third-order valence-electron chi connectivity index (χ3n) is 5.26. The Kier molecular flexibility index (Phi) is 6.01. The molecule has 2 N–H and O–H groups in total. The van der Waals surface area contributed by atoms with Gasteiger partial charge in [-0.2, -0.15) is 0 Å². The number of halogens is 1. The molecule has 4 rings (SSSR count). The number of fused-ring (bicyclic) bond motifs is 1. The van der Waals surface area contributed by atoms with Gasteiger partial charge >= 0.3 is 0 Å². The number of carbonyl (C=O) groups is 1. The minimum Gasteiger partial charge on any atom is -0.325 e. The third-order valence-corrected chi connectivity index (χ3v) is 6.89. The van der Waals surface area contributed by atoms with Crippen LogP contribution in [0.25, 0.3) is 0 Å². The number of hydrogen-bond acceptors (Lipinski definition) is 5. The number of nitrogens with one attached hydrogen (secondary N) is 2. The van der Waals surface area contributed by atoms with Crippen LogP contribution in [0.15, 0.2) is 47.6 Å². The fourth-order valence-electron chi connectivity index (χ4n) is 3.42. The smallest absolute Gasteiger partial charge is 0.240 e. The van der Waals surface area contributed by atoms with Gasteiger partial charge in [-0.25, -0.2) is 4.68 Å². The lowest BCUT2D eigenvalue weighted by Crippen LogP contribution is -2.41.